The van der Waals surface area contributed by atoms with E-state index in [0.717, 1.165) is 0 Å². The van der Waals surface area contributed by atoms with Crippen LogP contribution in [0.2, 0.25) is 0 Å². The van der Waals surface area contributed by atoms with Crippen molar-refractivity contribution in [3.05, 3.63) is 11.7 Å². The van der Waals surface area contributed by atoms with Crippen LogP contribution in [0.5, 0.6) is 0 Å². The fourth-order valence-electron chi connectivity index (χ4n) is 1.44. The van der Waals surface area contributed by atoms with Gasteiger partial charge in [0, 0.05) is 6.04 Å². The smallest absolute Gasteiger partial charge is 0.339 e. The highest BCUT2D eigenvalue weighted by Crippen LogP contribution is 2.29. The normalized spacial score (nSPS) is 16.1. The Labute approximate surface area is 91.2 Å². The number of hydrogen-bond acceptors (Lipinski definition) is 4. The van der Waals surface area contributed by atoms with Gasteiger partial charge >= 0.3 is 6.18 Å². The minimum absolute atomic E-state index is 0.0217. The van der Waals surface area contributed by atoms with Crippen molar-refractivity contribution in [1.82, 2.24) is 15.5 Å². The molecule has 0 saturated heterocycles. The Morgan fingerprint density at radius 1 is 1.44 bits per heavy atom. The molecule has 0 aliphatic rings. The van der Waals surface area contributed by atoms with Gasteiger partial charge in [0.05, 0.1) is 5.92 Å². The van der Waals surface area contributed by atoms with Crippen LogP contribution in [0.15, 0.2) is 4.52 Å². The molecule has 0 radical (unpaired) electrons. The van der Waals surface area contributed by atoms with Crippen molar-refractivity contribution in [2.75, 3.05) is 7.05 Å². The molecule has 0 fully saturated rings. The molecule has 2 atom stereocenters. The van der Waals surface area contributed by atoms with Gasteiger partial charge < -0.3 is 9.84 Å². The number of aromatic nitrogens is 2. The Hall–Kier alpha value is -1.11. The van der Waals surface area contributed by atoms with Gasteiger partial charge in [-0.05, 0) is 20.4 Å². The van der Waals surface area contributed by atoms with Crippen molar-refractivity contribution in [3.8, 4) is 0 Å². The average Bonchev–Trinajstić information content (AvgIpc) is 2.67. The van der Waals surface area contributed by atoms with Crippen molar-refractivity contribution in [2.24, 2.45) is 0 Å². The summed E-state index contributed by atoms with van der Waals surface area (Å²) in [4.78, 5) is 3.38. The molecule has 0 bridgehead atoms. The molecule has 0 saturated carbocycles. The highest BCUT2D eigenvalue weighted by atomic mass is 19.4. The number of hydrogen-bond donors (Lipinski definition) is 1. The van der Waals surface area contributed by atoms with Gasteiger partial charge in [-0.25, -0.2) is 0 Å². The van der Waals surface area contributed by atoms with Crippen LogP contribution in [0.3, 0.4) is 0 Å². The summed E-state index contributed by atoms with van der Waals surface area (Å²) in [6, 6.07) is -0.0217. The summed E-state index contributed by atoms with van der Waals surface area (Å²) in [5.74, 6) is -1.41. The summed E-state index contributed by atoms with van der Waals surface area (Å²) in [5.41, 5.74) is 0. The molecule has 7 heteroatoms. The second-order valence-corrected chi connectivity index (χ2v) is 3.55. The summed E-state index contributed by atoms with van der Waals surface area (Å²) >= 11 is 0. The standard InChI is InChI=1S/C9H14F3N3O/c1-4-6(5(2)13-3)7-14-8(15-16-7)9(10,11)12/h5-6,13H,4H2,1-3H3. The first-order chi connectivity index (χ1) is 7.40. The Bertz CT molecular complexity index is 337. The van der Waals surface area contributed by atoms with E-state index < -0.39 is 12.0 Å². The fraction of sp³-hybridized carbons (Fsp3) is 0.778. The molecule has 1 rings (SSSR count). The molecule has 16 heavy (non-hydrogen) atoms. The summed E-state index contributed by atoms with van der Waals surface area (Å²) in [6.45, 7) is 3.71. The van der Waals surface area contributed by atoms with E-state index >= 15 is 0 Å². The number of nitrogens with zero attached hydrogens (tertiary/aromatic N) is 2. The van der Waals surface area contributed by atoms with Gasteiger partial charge in [-0.3, -0.25) is 0 Å². The SMILES string of the molecule is CCC(c1nc(C(F)(F)F)no1)C(C)NC. The summed E-state index contributed by atoms with van der Waals surface area (Å²) in [5, 5.41) is 5.89. The van der Waals surface area contributed by atoms with Crippen molar-refractivity contribution in [3.63, 3.8) is 0 Å². The lowest BCUT2D eigenvalue weighted by atomic mass is 9.98. The molecule has 0 aliphatic heterocycles. The summed E-state index contributed by atoms with van der Waals surface area (Å²) in [6.07, 6.45) is -3.93. The highest BCUT2D eigenvalue weighted by Gasteiger charge is 2.38. The first-order valence-electron chi connectivity index (χ1n) is 4.98. The Morgan fingerprint density at radius 3 is 2.44 bits per heavy atom. The van der Waals surface area contributed by atoms with E-state index in [-0.39, 0.29) is 17.9 Å². The predicted octanol–water partition coefficient (Wildman–Crippen LogP) is 2.19. The second kappa shape index (κ2) is 4.82. The van der Waals surface area contributed by atoms with Gasteiger partial charge in [-0.2, -0.15) is 18.2 Å². The minimum atomic E-state index is -4.55. The van der Waals surface area contributed by atoms with Gasteiger partial charge in [0.2, 0.25) is 5.89 Å². The first kappa shape index (κ1) is 13.0. The molecular formula is C9H14F3N3O. The van der Waals surface area contributed by atoms with Crippen LogP contribution in [0.4, 0.5) is 13.2 Å². The van der Waals surface area contributed by atoms with E-state index in [9.17, 15) is 13.2 Å². The van der Waals surface area contributed by atoms with E-state index in [1.807, 2.05) is 13.8 Å². The lowest BCUT2D eigenvalue weighted by molar-refractivity contribution is -0.146. The van der Waals surface area contributed by atoms with Crippen LogP contribution in [0, 0.1) is 0 Å². The minimum Gasteiger partial charge on any atom is -0.339 e. The van der Waals surface area contributed by atoms with Crippen LogP contribution in [-0.4, -0.2) is 23.2 Å². The first-order valence-corrected chi connectivity index (χ1v) is 4.98. The molecule has 1 aromatic rings. The molecule has 0 aromatic carbocycles. The van der Waals surface area contributed by atoms with Crippen LogP contribution in [0.25, 0.3) is 0 Å². The van der Waals surface area contributed by atoms with E-state index in [4.69, 9.17) is 0 Å². The molecule has 0 aliphatic carbocycles. The summed E-state index contributed by atoms with van der Waals surface area (Å²) in [7, 11) is 1.73. The summed E-state index contributed by atoms with van der Waals surface area (Å²) < 4.78 is 41.4. The molecule has 4 nitrogen and oxygen atoms in total. The monoisotopic (exact) mass is 237 g/mol. The number of likely N-dealkylation sites (N-methyl/N-ethyl adjacent to an activating group) is 1. The zero-order valence-electron chi connectivity index (χ0n) is 9.30. The van der Waals surface area contributed by atoms with E-state index in [1.54, 1.807) is 7.05 Å². The predicted molar refractivity (Wildman–Crippen MR) is 50.9 cm³/mol. The third-order valence-electron chi connectivity index (χ3n) is 2.51. The zero-order valence-corrected chi connectivity index (χ0v) is 9.30. The Morgan fingerprint density at radius 2 is 2.06 bits per heavy atom. The van der Waals surface area contributed by atoms with Crippen LogP contribution < -0.4 is 5.32 Å². The topological polar surface area (TPSA) is 51.0 Å². The molecule has 1 aromatic heterocycles. The molecular weight excluding hydrogens is 223 g/mol. The van der Waals surface area contributed by atoms with E-state index in [2.05, 4.69) is 20.0 Å². The molecule has 1 N–H and O–H groups in total. The molecule has 0 amide bonds. The number of rotatable bonds is 4. The second-order valence-electron chi connectivity index (χ2n) is 3.55. The van der Waals surface area contributed by atoms with Crippen LogP contribution in [0.1, 0.15) is 37.9 Å². The van der Waals surface area contributed by atoms with Crippen LogP contribution >= 0.6 is 0 Å². The van der Waals surface area contributed by atoms with Gasteiger partial charge in [0.15, 0.2) is 0 Å². The molecule has 1 heterocycles. The maximum Gasteiger partial charge on any atom is 0.455 e. The average molecular weight is 237 g/mol. The largest absolute Gasteiger partial charge is 0.455 e. The fourth-order valence-corrected chi connectivity index (χ4v) is 1.44. The maximum atomic E-state index is 12.3. The lowest BCUT2D eigenvalue weighted by Crippen LogP contribution is -2.28. The number of halogens is 3. The quantitative estimate of drug-likeness (QED) is 0.872. The molecule has 2 unspecified atom stereocenters. The molecule has 92 valence electrons. The lowest BCUT2D eigenvalue weighted by Gasteiger charge is -2.17. The molecule has 0 spiro atoms. The van der Waals surface area contributed by atoms with E-state index in [1.165, 1.54) is 0 Å². The third kappa shape index (κ3) is 2.72. The van der Waals surface area contributed by atoms with Crippen molar-refractivity contribution >= 4 is 0 Å². The Kier molecular flexibility index (Phi) is 3.90. The third-order valence-corrected chi connectivity index (χ3v) is 2.51. The van der Waals surface area contributed by atoms with Crippen molar-refractivity contribution < 1.29 is 17.7 Å². The van der Waals surface area contributed by atoms with Crippen LogP contribution in [-0.2, 0) is 6.18 Å². The Balaban J connectivity index is 2.91. The maximum absolute atomic E-state index is 12.3. The van der Waals surface area contributed by atoms with Gasteiger partial charge in [0.1, 0.15) is 0 Å². The van der Waals surface area contributed by atoms with Crippen molar-refractivity contribution in [2.45, 2.75) is 38.4 Å². The van der Waals surface area contributed by atoms with Crippen molar-refractivity contribution in [1.29, 1.82) is 0 Å². The number of nitrogens with one attached hydrogen (secondary N) is 1. The zero-order chi connectivity index (χ0) is 12.3. The van der Waals surface area contributed by atoms with Gasteiger partial charge in [-0.15, -0.1) is 0 Å². The highest BCUT2D eigenvalue weighted by molar-refractivity contribution is 4.99. The van der Waals surface area contributed by atoms with Gasteiger partial charge in [0.25, 0.3) is 5.82 Å². The number of alkyl halides is 3. The van der Waals surface area contributed by atoms with Gasteiger partial charge in [-0.1, -0.05) is 12.1 Å². The van der Waals surface area contributed by atoms with E-state index in [0.29, 0.717) is 6.42 Å².